The van der Waals surface area contributed by atoms with E-state index in [9.17, 15) is 0 Å². The van der Waals surface area contributed by atoms with Gasteiger partial charge >= 0.3 is 0 Å². The van der Waals surface area contributed by atoms with Crippen LogP contribution in [0.15, 0.2) is 97.6 Å². The Balaban J connectivity index is 1.60. The molecule has 1 saturated carbocycles. The van der Waals surface area contributed by atoms with Crippen LogP contribution in [0.3, 0.4) is 0 Å². The Morgan fingerprint density at radius 2 is 0.806 bits per heavy atom. The van der Waals surface area contributed by atoms with Crippen molar-refractivity contribution in [1.82, 2.24) is 19.9 Å². The van der Waals surface area contributed by atoms with Gasteiger partial charge in [-0.25, -0.2) is 0 Å². The van der Waals surface area contributed by atoms with E-state index in [0.29, 0.717) is 11.3 Å². The van der Waals surface area contributed by atoms with Gasteiger partial charge in [0.2, 0.25) is 0 Å². The van der Waals surface area contributed by atoms with Crippen molar-refractivity contribution in [2.24, 2.45) is 0 Å². The molecule has 0 unspecified atom stereocenters. The molecule has 0 aromatic carbocycles. The summed E-state index contributed by atoms with van der Waals surface area (Å²) in [5.74, 6) is 0. The van der Waals surface area contributed by atoms with Crippen molar-refractivity contribution in [3.05, 3.63) is 97.6 Å². The Bertz CT molecular complexity index is 914. The van der Waals surface area contributed by atoms with E-state index < -0.39 is 15.8 Å². The predicted molar refractivity (Wildman–Crippen MR) is 131 cm³/mol. The summed E-state index contributed by atoms with van der Waals surface area (Å²) in [6.45, 7) is 0. The van der Waals surface area contributed by atoms with Crippen molar-refractivity contribution in [3.63, 3.8) is 0 Å². The molecule has 0 bridgehead atoms. The molecule has 6 heteroatoms. The maximum absolute atomic E-state index is 4.80. The van der Waals surface area contributed by atoms with Gasteiger partial charge < -0.3 is 0 Å². The molecule has 154 valence electrons. The lowest BCUT2D eigenvalue weighted by Gasteiger charge is -2.33. The molecule has 4 aromatic heterocycles. The minimum atomic E-state index is -0.666. The largest absolute Gasteiger partial charge is 0.256 e. The minimum Gasteiger partial charge on any atom is -0.256 e. The molecule has 4 aromatic rings. The summed E-state index contributed by atoms with van der Waals surface area (Å²) in [5, 5.41) is 0. The van der Waals surface area contributed by atoms with Gasteiger partial charge in [-0.1, -0.05) is 30.7 Å². The van der Waals surface area contributed by atoms with E-state index in [1.807, 2.05) is 49.1 Å². The highest BCUT2D eigenvalue weighted by molar-refractivity contribution is 7.77. The molecule has 2 atom stereocenters. The maximum Gasteiger partial charge on any atom is 0.0695 e. The first kappa shape index (κ1) is 20.4. The Morgan fingerprint density at radius 3 is 1.06 bits per heavy atom. The zero-order chi connectivity index (χ0) is 20.9. The first-order chi connectivity index (χ1) is 15.4. The molecule has 0 radical (unpaired) electrons. The Kier molecular flexibility index (Phi) is 6.39. The summed E-state index contributed by atoms with van der Waals surface area (Å²) in [4.78, 5) is 19.2. The SMILES string of the molecule is c1ccc(P(c2ccccn2)[C@@H]2CCC[C@H]2P(c2ccccn2)c2ccccn2)nc1. The smallest absolute Gasteiger partial charge is 0.0695 e. The Morgan fingerprint density at radius 1 is 0.484 bits per heavy atom. The molecule has 0 amide bonds. The quantitative estimate of drug-likeness (QED) is 0.427. The zero-order valence-corrected chi connectivity index (χ0v) is 19.0. The van der Waals surface area contributed by atoms with Gasteiger partial charge in [-0.05, 0) is 88.5 Å². The lowest BCUT2D eigenvalue weighted by Crippen LogP contribution is -2.34. The standard InChI is InChI=1S/C25H24N4P2/c1-5-16-26-22(12-1)30(23-13-2-6-17-27-23)20-10-9-11-21(20)31(24-14-3-7-18-28-24)25-15-4-8-19-29-25/h1-8,12-21H,9-11H2/t20-,21-/m1/s1. The van der Waals surface area contributed by atoms with E-state index >= 15 is 0 Å². The van der Waals surface area contributed by atoms with Crippen LogP contribution in [0.4, 0.5) is 0 Å². The average Bonchev–Trinajstić information content (AvgIpc) is 3.31. The monoisotopic (exact) mass is 442 g/mol. The topological polar surface area (TPSA) is 51.6 Å². The first-order valence-corrected chi connectivity index (χ1v) is 13.5. The number of aromatic nitrogens is 4. The molecule has 0 N–H and O–H groups in total. The summed E-state index contributed by atoms with van der Waals surface area (Å²) in [7, 11) is -1.33. The molecule has 31 heavy (non-hydrogen) atoms. The van der Waals surface area contributed by atoms with Gasteiger partial charge in [-0.2, -0.15) is 0 Å². The molecule has 1 aliphatic rings. The first-order valence-electron chi connectivity index (χ1n) is 10.6. The summed E-state index contributed by atoms with van der Waals surface area (Å²) in [5.41, 5.74) is 5.70. The van der Waals surface area contributed by atoms with Gasteiger partial charge in [-0.3, -0.25) is 19.9 Å². The molecule has 1 fully saturated rings. The van der Waals surface area contributed by atoms with Crippen LogP contribution in [0.1, 0.15) is 19.3 Å². The van der Waals surface area contributed by atoms with Crippen LogP contribution in [0.2, 0.25) is 0 Å². The molecular formula is C25H24N4P2. The summed E-state index contributed by atoms with van der Waals surface area (Å²) >= 11 is 0. The lowest BCUT2D eigenvalue weighted by atomic mass is 10.4. The van der Waals surface area contributed by atoms with Gasteiger partial charge in [0.05, 0.1) is 21.7 Å². The van der Waals surface area contributed by atoms with Crippen molar-refractivity contribution < 1.29 is 0 Å². The molecule has 0 saturated heterocycles. The molecule has 0 aliphatic heterocycles. The fourth-order valence-corrected chi connectivity index (χ4v) is 10.7. The van der Waals surface area contributed by atoms with Crippen LogP contribution in [0.5, 0.6) is 0 Å². The fraction of sp³-hybridized carbons (Fsp3) is 0.200. The van der Waals surface area contributed by atoms with Crippen LogP contribution in [-0.4, -0.2) is 31.3 Å². The average molecular weight is 442 g/mol. The van der Waals surface area contributed by atoms with Crippen molar-refractivity contribution in [2.45, 2.75) is 30.6 Å². The molecule has 4 nitrogen and oxygen atoms in total. The highest BCUT2D eigenvalue weighted by Gasteiger charge is 2.42. The number of hydrogen-bond acceptors (Lipinski definition) is 4. The van der Waals surface area contributed by atoms with Gasteiger partial charge in [0.1, 0.15) is 0 Å². The normalized spacial score (nSPS) is 18.5. The van der Waals surface area contributed by atoms with Crippen LogP contribution < -0.4 is 21.7 Å². The molecule has 1 aliphatic carbocycles. The summed E-state index contributed by atoms with van der Waals surface area (Å²) < 4.78 is 0. The minimum absolute atomic E-state index is 0.509. The third-order valence-corrected chi connectivity index (χ3v) is 11.5. The number of rotatable bonds is 6. The van der Waals surface area contributed by atoms with E-state index in [2.05, 4.69) is 48.5 Å². The van der Waals surface area contributed by atoms with Crippen molar-refractivity contribution in [1.29, 1.82) is 0 Å². The molecule has 0 spiro atoms. The third-order valence-electron chi connectivity index (χ3n) is 5.69. The molecular weight excluding hydrogens is 418 g/mol. The van der Waals surface area contributed by atoms with Crippen LogP contribution >= 0.6 is 15.8 Å². The summed E-state index contributed by atoms with van der Waals surface area (Å²) in [6, 6.07) is 25.1. The maximum atomic E-state index is 4.80. The highest BCUT2D eigenvalue weighted by Crippen LogP contribution is 2.56. The number of nitrogens with zero attached hydrogens (tertiary/aromatic N) is 4. The van der Waals surface area contributed by atoms with Gasteiger partial charge in [0.25, 0.3) is 0 Å². The van der Waals surface area contributed by atoms with Crippen LogP contribution in [0.25, 0.3) is 0 Å². The van der Waals surface area contributed by atoms with Crippen molar-refractivity contribution >= 4 is 37.6 Å². The van der Waals surface area contributed by atoms with Crippen LogP contribution in [0, 0.1) is 0 Å². The van der Waals surface area contributed by atoms with E-state index in [0.717, 1.165) is 0 Å². The molecule has 4 heterocycles. The highest BCUT2D eigenvalue weighted by atomic mass is 31.1. The third kappa shape index (κ3) is 4.42. The lowest BCUT2D eigenvalue weighted by molar-refractivity contribution is 0.888. The fourth-order valence-electron chi connectivity index (χ4n) is 4.42. The zero-order valence-electron chi connectivity index (χ0n) is 17.2. The molecule has 5 rings (SSSR count). The van der Waals surface area contributed by atoms with E-state index in [1.54, 1.807) is 0 Å². The van der Waals surface area contributed by atoms with Crippen molar-refractivity contribution in [2.75, 3.05) is 0 Å². The number of hydrogen-bond donors (Lipinski definition) is 0. The van der Waals surface area contributed by atoms with Gasteiger partial charge in [0.15, 0.2) is 0 Å². The van der Waals surface area contributed by atoms with E-state index in [1.165, 1.54) is 41.0 Å². The number of pyridine rings is 4. The Hall–Kier alpha value is -2.54. The van der Waals surface area contributed by atoms with Gasteiger partial charge in [-0.15, -0.1) is 0 Å². The van der Waals surface area contributed by atoms with Gasteiger partial charge in [0, 0.05) is 24.8 Å². The second-order valence-corrected chi connectivity index (χ2v) is 12.2. The second kappa shape index (κ2) is 9.73. The second-order valence-electron chi connectivity index (χ2n) is 7.56. The van der Waals surface area contributed by atoms with Crippen LogP contribution in [-0.2, 0) is 0 Å². The Labute approximate surface area is 185 Å². The van der Waals surface area contributed by atoms with E-state index in [4.69, 9.17) is 19.9 Å². The van der Waals surface area contributed by atoms with Crippen molar-refractivity contribution in [3.8, 4) is 0 Å². The predicted octanol–water partition coefficient (Wildman–Crippen LogP) is 3.75. The van der Waals surface area contributed by atoms with E-state index in [-0.39, 0.29) is 0 Å². The summed E-state index contributed by atoms with van der Waals surface area (Å²) in [6.07, 6.45) is 11.3.